The van der Waals surface area contributed by atoms with Gasteiger partial charge in [-0.05, 0) is 74.0 Å². The van der Waals surface area contributed by atoms with Gasteiger partial charge in [0.2, 0.25) is 11.8 Å². The van der Waals surface area contributed by atoms with Crippen LogP contribution in [0.4, 0.5) is 4.39 Å². The summed E-state index contributed by atoms with van der Waals surface area (Å²) in [5, 5.41) is 2.88. The van der Waals surface area contributed by atoms with E-state index in [1.54, 1.807) is 17.0 Å². The third kappa shape index (κ3) is 2.47. The standard InChI is InChI=1S/C21H25FN2O2/c22-17-3-1-16(2-4-17)18-19(25)23-5-6-24(18)20(26)21-10-13-7-14(11-21)9-15(8-13)12-21/h1-4,13-15,18H,5-12H2,(H,23,25). The van der Waals surface area contributed by atoms with E-state index in [2.05, 4.69) is 5.32 Å². The highest BCUT2D eigenvalue weighted by Gasteiger charge is 2.56. The molecule has 1 aromatic carbocycles. The van der Waals surface area contributed by atoms with E-state index in [4.69, 9.17) is 0 Å². The van der Waals surface area contributed by atoms with Gasteiger partial charge in [-0.2, -0.15) is 0 Å². The van der Waals surface area contributed by atoms with Gasteiger partial charge in [-0.25, -0.2) is 4.39 Å². The van der Waals surface area contributed by atoms with Crippen molar-refractivity contribution in [3.05, 3.63) is 35.6 Å². The van der Waals surface area contributed by atoms with Crippen LogP contribution in [-0.4, -0.2) is 29.8 Å². The Balaban J connectivity index is 1.48. The Hall–Kier alpha value is -1.91. The summed E-state index contributed by atoms with van der Waals surface area (Å²) in [6.07, 6.45) is 6.83. The summed E-state index contributed by atoms with van der Waals surface area (Å²) < 4.78 is 13.3. The molecule has 4 aliphatic carbocycles. The van der Waals surface area contributed by atoms with E-state index in [0.717, 1.165) is 19.3 Å². The first-order chi connectivity index (χ1) is 12.5. The van der Waals surface area contributed by atoms with Gasteiger partial charge in [-0.1, -0.05) is 12.1 Å². The molecule has 138 valence electrons. The summed E-state index contributed by atoms with van der Waals surface area (Å²) in [6.45, 7) is 1.03. The van der Waals surface area contributed by atoms with Crippen LogP contribution in [0.5, 0.6) is 0 Å². The van der Waals surface area contributed by atoms with E-state index < -0.39 is 6.04 Å². The quantitative estimate of drug-likeness (QED) is 0.885. The van der Waals surface area contributed by atoms with Crippen molar-refractivity contribution in [2.45, 2.75) is 44.6 Å². The molecule has 1 aliphatic heterocycles. The molecule has 4 bridgehead atoms. The lowest BCUT2D eigenvalue weighted by Crippen LogP contribution is -2.59. The zero-order valence-electron chi connectivity index (χ0n) is 14.9. The molecular formula is C21H25FN2O2. The van der Waals surface area contributed by atoms with E-state index in [1.807, 2.05) is 0 Å². The predicted octanol–water partition coefficient (Wildman–Crippen LogP) is 3.04. The van der Waals surface area contributed by atoms with Crippen molar-refractivity contribution in [2.75, 3.05) is 13.1 Å². The van der Waals surface area contributed by atoms with E-state index in [0.29, 0.717) is 36.4 Å². The lowest BCUT2D eigenvalue weighted by molar-refractivity contribution is -0.164. The van der Waals surface area contributed by atoms with Crippen LogP contribution in [0.1, 0.15) is 50.1 Å². The highest BCUT2D eigenvalue weighted by atomic mass is 19.1. The second-order valence-corrected chi connectivity index (χ2v) is 8.94. The first-order valence-corrected chi connectivity index (χ1v) is 9.88. The van der Waals surface area contributed by atoms with Crippen molar-refractivity contribution in [3.63, 3.8) is 0 Å². The molecule has 1 saturated heterocycles. The third-order valence-electron chi connectivity index (χ3n) is 7.15. The van der Waals surface area contributed by atoms with Crippen LogP contribution in [0.3, 0.4) is 0 Å². The molecule has 6 rings (SSSR count). The molecule has 1 heterocycles. The number of rotatable bonds is 2. The number of nitrogens with one attached hydrogen (secondary N) is 1. The molecule has 26 heavy (non-hydrogen) atoms. The van der Waals surface area contributed by atoms with Crippen LogP contribution in [-0.2, 0) is 9.59 Å². The number of piperazine rings is 1. The number of amides is 2. The minimum Gasteiger partial charge on any atom is -0.352 e. The molecule has 5 heteroatoms. The number of hydrogen-bond donors (Lipinski definition) is 1. The topological polar surface area (TPSA) is 49.4 Å². The van der Waals surface area contributed by atoms with Gasteiger partial charge >= 0.3 is 0 Å². The van der Waals surface area contributed by atoms with E-state index >= 15 is 0 Å². The Kier molecular flexibility index (Phi) is 3.63. The van der Waals surface area contributed by atoms with Gasteiger partial charge in [0.1, 0.15) is 11.9 Å². The van der Waals surface area contributed by atoms with Crippen LogP contribution in [0, 0.1) is 29.0 Å². The average Bonchev–Trinajstić information content (AvgIpc) is 2.61. The molecule has 1 N–H and O–H groups in total. The van der Waals surface area contributed by atoms with Crippen LogP contribution in [0.2, 0.25) is 0 Å². The maximum absolute atomic E-state index is 13.7. The molecule has 1 unspecified atom stereocenters. The molecule has 0 radical (unpaired) electrons. The summed E-state index contributed by atoms with van der Waals surface area (Å²) in [4.78, 5) is 28.1. The zero-order valence-corrected chi connectivity index (χ0v) is 14.9. The first-order valence-electron chi connectivity index (χ1n) is 9.88. The number of hydrogen-bond acceptors (Lipinski definition) is 2. The monoisotopic (exact) mass is 356 g/mol. The SMILES string of the molecule is O=C1NCCN(C(=O)C23CC4CC(CC(C4)C2)C3)C1c1ccc(F)cc1. The second kappa shape index (κ2) is 5.80. The Bertz CT molecular complexity index is 710. The molecule has 1 atom stereocenters. The lowest BCUT2D eigenvalue weighted by Gasteiger charge is -2.57. The number of halogens is 1. The number of carbonyl (C=O) groups excluding carboxylic acids is 2. The smallest absolute Gasteiger partial charge is 0.247 e. The Labute approximate surface area is 153 Å². The molecule has 0 spiro atoms. The van der Waals surface area contributed by atoms with Gasteiger partial charge in [0.05, 0.1) is 5.41 Å². The number of nitrogens with zero attached hydrogens (tertiary/aromatic N) is 1. The van der Waals surface area contributed by atoms with Crippen molar-refractivity contribution in [3.8, 4) is 0 Å². The van der Waals surface area contributed by atoms with Crippen LogP contribution in [0.25, 0.3) is 0 Å². The molecule has 4 saturated carbocycles. The number of benzene rings is 1. The summed E-state index contributed by atoms with van der Waals surface area (Å²) in [5.41, 5.74) is 0.437. The van der Waals surface area contributed by atoms with Crippen molar-refractivity contribution >= 4 is 11.8 Å². The van der Waals surface area contributed by atoms with Gasteiger partial charge in [0.25, 0.3) is 0 Å². The van der Waals surface area contributed by atoms with Crippen molar-refractivity contribution in [2.24, 2.45) is 23.2 Å². The van der Waals surface area contributed by atoms with E-state index in [-0.39, 0.29) is 23.0 Å². The van der Waals surface area contributed by atoms with Crippen LogP contribution < -0.4 is 5.32 Å². The third-order valence-corrected chi connectivity index (χ3v) is 7.15. The van der Waals surface area contributed by atoms with Crippen LogP contribution in [0.15, 0.2) is 24.3 Å². The predicted molar refractivity (Wildman–Crippen MR) is 94.5 cm³/mol. The fourth-order valence-electron chi connectivity index (χ4n) is 6.54. The summed E-state index contributed by atoms with van der Waals surface area (Å²) in [6, 6.07) is 5.36. The maximum atomic E-state index is 13.7. The van der Waals surface area contributed by atoms with Crippen LogP contribution >= 0.6 is 0 Å². The molecular weight excluding hydrogens is 331 g/mol. The second-order valence-electron chi connectivity index (χ2n) is 8.94. The van der Waals surface area contributed by atoms with Crippen molar-refractivity contribution < 1.29 is 14.0 Å². The number of carbonyl (C=O) groups is 2. The fraction of sp³-hybridized carbons (Fsp3) is 0.619. The Morgan fingerprint density at radius 1 is 1.04 bits per heavy atom. The van der Waals surface area contributed by atoms with E-state index in [1.165, 1.54) is 31.4 Å². The van der Waals surface area contributed by atoms with Gasteiger partial charge in [-0.15, -0.1) is 0 Å². The summed E-state index contributed by atoms with van der Waals surface area (Å²) in [5.74, 6) is 1.75. The molecule has 2 amide bonds. The molecule has 5 fully saturated rings. The highest BCUT2D eigenvalue weighted by molar-refractivity contribution is 5.92. The van der Waals surface area contributed by atoms with Crippen molar-refractivity contribution in [1.29, 1.82) is 0 Å². The molecule has 4 nitrogen and oxygen atoms in total. The summed E-state index contributed by atoms with van der Waals surface area (Å²) >= 11 is 0. The molecule has 1 aromatic rings. The Morgan fingerprint density at radius 2 is 1.62 bits per heavy atom. The molecule has 0 aromatic heterocycles. The van der Waals surface area contributed by atoms with Crippen molar-refractivity contribution in [1.82, 2.24) is 10.2 Å². The maximum Gasteiger partial charge on any atom is 0.247 e. The van der Waals surface area contributed by atoms with Gasteiger partial charge in [0, 0.05) is 13.1 Å². The van der Waals surface area contributed by atoms with Gasteiger partial charge < -0.3 is 10.2 Å². The first kappa shape index (κ1) is 16.3. The average molecular weight is 356 g/mol. The Morgan fingerprint density at radius 3 is 2.19 bits per heavy atom. The minimum absolute atomic E-state index is 0.152. The van der Waals surface area contributed by atoms with Gasteiger partial charge in [0.15, 0.2) is 0 Å². The fourth-order valence-corrected chi connectivity index (χ4v) is 6.54. The molecule has 5 aliphatic rings. The largest absolute Gasteiger partial charge is 0.352 e. The highest BCUT2D eigenvalue weighted by Crippen LogP contribution is 2.60. The van der Waals surface area contributed by atoms with Gasteiger partial charge in [-0.3, -0.25) is 9.59 Å². The normalized spacial score (nSPS) is 38.3. The van der Waals surface area contributed by atoms with E-state index in [9.17, 15) is 14.0 Å². The lowest BCUT2D eigenvalue weighted by atomic mass is 9.49. The summed E-state index contributed by atoms with van der Waals surface area (Å²) in [7, 11) is 0. The minimum atomic E-state index is -0.634. The zero-order chi connectivity index (χ0) is 17.9.